The number of hydrogen-bond donors (Lipinski definition) is 1. The molecule has 1 heterocycles. The Kier molecular flexibility index (Phi) is 3.11. The number of hydrogen-bond acceptors (Lipinski definition) is 3. The number of likely N-dealkylation sites (tertiary alicyclic amines) is 1. The Morgan fingerprint density at radius 1 is 1.47 bits per heavy atom. The van der Waals surface area contributed by atoms with Crippen molar-refractivity contribution in [2.24, 2.45) is 5.92 Å². The number of nitrogens with two attached hydrogens (primary N) is 1. The highest BCUT2D eigenvalue weighted by Crippen LogP contribution is 2.22. The van der Waals surface area contributed by atoms with E-state index >= 15 is 0 Å². The Morgan fingerprint density at radius 3 is 2.93 bits per heavy atom. The molecular formula is C12H18N2O. The summed E-state index contributed by atoms with van der Waals surface area (Å²) in [6, 6.07) is 7.67. The SMILES string of the molecule is CN1CCC(COc2ccccc2N)C1. The summed E-state index contributed by atoms with van der Waals surface area (Å²) < 4.78 is 5.72. The van der Waals surface area contributed by atoms with Gasteiger partial charge in [0.2, 0.25) is 0 Å². The van der Waals surface area contributed by atoms with Crippen molar-refractivity contribution >= 4 is 5.69 Å². The molecule has 0 aromatic heterocycles. The van der Waals surface area contributed by atoms with E-state index in [0.717, 1.165) is 24.6 Å². The first-order chi connectivity index (χ1) is 7.25. The summed E-state index contributed by atoms with van der Waals surface area (Å²) in [5.41, 5.74) is 6.52. The lowest BCUT2D eigenvalue weighted by atomic mass is 10.1. The lowest BCUT2D eigenvalue weighted by Gasteiger charge is -2.13. The van der Waals surface area contributed by atoms with E-state index < -0.39 is 0 Å². The quantitative estimate of drug-likeness (QED) is 0.763. The molecule has 1 aromatic rings. The maximum Gasteiger partial charge on any atom is 0.142 e. The topological polar surface area (TPSA) is 38.5 Å². The third-order valence-electron chi connectivity index (χ3n) is 2.88. The van der Waals surface area contributed by atoms with Crippen LogP contribution in [0.5, 0.6) is 5.75 Å². The summed E-state index contributed by atoms with van der Waals surface area (Å²) in [7, 11) is 2.15. The highest BCUT2D eigenvalue weighted by Gasteiger charge is 2.19. The average molecular weight is 206 g/mol. The van der Waals surface area contributed by atoms with Crippen molar-refractivity contribution in [3.63, 3.8) is 0 Å². The Balaban J connectivity index is 1.86. The molecule has 0 spiro atoms. The van der Waals surface area contributed by atoms with Gasteiger partial charge in [-0.15, -0.1) is 0 Å². The minimum atomic E-state index is 0.648. The van der Waals surface area contributed by atoms with E-state index in [1.165, 1.54) is 13.0 Å². The number of nitrogen functional groups attached to an aromatic ring is 1. The van der Waals surface area contributed by atoms with E-state index in [0.29, 0.717) is 5.92 Å². The fourth-order valence-electron chi connectivity index (χ4n) is 1.98. The molecule has 0 amide bonds. The monoisotopic (exact) mass is 206 g/mol. The van der Waals surface area contributed by atoms with E-state index in [1.807, 2.05) is 24.3 Å². The van der Waals surface area contributed by atoms with Gasteiger partial charge in [-0.2, -0.15) is 0 Å². The van der Waals surface area contributed by atoms with Gasteiger partial charge in [-0.1, -0.05) is 12.1 Å². The van der Waals surface area contributed by atoms with Gasteiger partial charge in [-0.3, -0.25) is 0 Å². The van der Waals surface area contributed by atoms with Gasteiger partial charge in [0, 0.05) is 12.5 Å². The molecule has 0 saturated carbocycles. The van der Waals surface area contributed by atoms with Crippen molar-refractivity contribution in [2.75, 3.05) is 32.5 Å². The third kappa shape index (κ3) is 2.63. The molecule has 2 N–H and O–H groups in total. The van der Waals surface area contributed by atoms with Crippen molar-refractivity contribution in [1.82, 2.24) is 4.90 Å². The lowest BCUT2D eigenvalue weighted by molar-refractivity contribution is 0.250. The maximum absolute atomic E-state index is 5.80. The zero-order valence-electron chi connectivity index (χ0n) is 9.15. The second kappa shape index (κ2) is 4.53. The Bertz CT molecular complexity index is 327. The zero-order valence-corrected chi connectivity index (χ0v) is 9.15. The summed E-state index contributed by atoms with van der Waals surface area (Å²) >= 11 is 0. The summed E-state index contributed by atoms with van der Waals surface area (Å²) in [4.78, 5) is 2.34. The summed E-state index contributed by atoms with van der Waals surface area (Å²) in [6.45, 7) is 3.09. The van der Waals surface area contributed by atoms with Crippen LogP contribution in [0.3, 0.4) is 0 Å². The molecule has 82 valence electrons. The first kappa shape index (κ1) is 10.3. The van der Waals surface area contributed by atoms with Crippen molar-refractivity contribution < 1.29 is 4.74 Å². The molecule has 2 rings (SSSR count). The summed E-state index contributed by atoms with van der Waals surface area (Å²) in [6.07, 6.45) is 1.23. The van der Waals surface area contributed by atoms with Crippen molar-refractivity contribution in [3.8, 4) is 5.75 Å². The molecular weight excluding hydrogens is 188 g/mol. The lowest BCUT2D eigenvalue weighted by Crippen LogP contribution is -2.18. The van der Waals surface area contributed by atoms with Crippen LogP contribution < -0.4 is 10.5 Å². The predicted molar refractivity (Wildman–Crippen MR) is 62.0 cm³/mol. The van der Waals surface area contributed by atoms with Gasteiger partial charge in [0.05, 0.1) is 12.3 Å². The van der Waals surface area contributed by atoms with Crippen molar-refractivity contribution in [2.45, 2.75) is 6.42 Å². The molecule has 1 fully saturated rings. The molecule has 1 atom stereocenters. The Hall–Kier alpha value is -1.22. The summed E-state index contributed by atoms with van der Waals surface area (Å²) in [5, 5.41) is 0. The van der Waals surface area contributed by atoms with Crippen LogP contribution in [0, 0.1) is 5.92 Å². The zero-order chi connectivity index (χ0) is 10.7. The van der Waals surface area contributed by atoms with Gasteiger partial charge in [0.25, 0.3) is 0 Å². The second-order valence-electron chi connectivity index (χ2n) is 4.27. The molecule has 1 saturated heterocycles. The van der Waals surface area contributed by atoms with Crippen molar-refractivity contribution in [1.29, 1.82) is 0 Å². The molecule has 3 nitrogen and oxygen atoms in total. The maximum atomic E-state index is 5.80. The molecule has 0 aliphatic carbocycles. The number of anilines is 1. The number of rotatable bonds is 3. The average Bonchev–Trinajstić information content (AvgIpc) is 2.63. The smallest absolute Gasteiger partial charge is 0.142 e. The van der Waals surface area contributed by atoms with Gasteiger partial charge in [-0.05, 0) is 32.1 Å². The Labute approximate surface area is 90.8 Å². The van der Waals surface area contributed by atoms with E-state index in [-0.39, 0.29) is 0 Å². The standard InChI is InChI=1S/C12H18N2O/c1-14-7-6-10(8-14)9-15-12-5-3-2-4-11(12)13/h2-5,10H,6-9,13H2,1H3. The van der Waals surface area contributed by atoms with Crippen LogP contribution in [0.15, 0.2) is 24.3 Å². The second-order valence-corrected chi connectivity index (χ2v) is 4.27. The van der Waals surface area contributed by atoms with Gasteiger partial charge in [0.1, 0.15) is 5.75 Å². The van der Waals surface area contributed by atoms with E-state index in [2.05, 4.69) is 11.9 Å². The Morgan fingerprint density at radius 2 is 2.27 bits per heavy atom. The fraction of sp³-hybridized carbons (Fsp3) is 0.500. The highest BCUT2D eigenvalue weighted by molar-refractivity contribution is 5.51. The molecule has 15 heavy (non-hydrogen) atoms. The predicted octanol–water partition coefficient (Wildman–Crippen LogP) is 1.60. The first-order valence-corrected chi connectivity index (χ1v) is 5.41. The van der Waals surface area contributed by atoms with Gasteiger partial charge in [-0.25, -0.2) is 0 Å². The van der Waals surface area contributed by atoms with Crippen LogP contribution in [0.1, 0.15) is 6.42 Å². The van der Waals surface area contributed by atoms with E-state index in [9.17, 15) is 0 Å². The first-order valence-electron chi connectivity index (χ1n) is 5.41. The minimum Gasteiger partial charge on any atom is -0.491 e. The fourth-order valence-corrected chi connectivity index (χ4v) is 1.98. The van der Waals surface area contributed by atoms with Crippen LogP contribution in [-0.4, -0.2) is 31.6 Å². The van der Waals surface area contributed by atoms with Gasteiger partial charge in [0.15, 0.2) is 0 Å². The molecule has 0 radical (unpaired) electrons. The molecule has 3 heteroatoms. The minimum absolute atomic E-state index is 0.648. The largest absolute Gasteiger partial charge is 0.491 e. The van der Waals surface area contributed by atoms with E-state index in [1.54, 1.807) is 0 Å². The molecule has 1 aromatic carbocycles. The normalized spacial score (nSPS) is 21.8. The summed E-state index contributed by atoms with van der Waals surface area (Å²) in [5.74, 6) is 1.46. The van der Waals surface area contributed by atoms with Gasteiger partial charge < -0.3 is 15.4 Å². The number of para-hydroxylation sites is 2. The number of ether oxygens (including phenoxy) is 1. The van der Waals surface area contributed by atoms with Crippen LogP contribution in [0.2, 0.25) is 0 Å². The number of nitrogens with zero attached hydrogens (tertiary/aromatic N) is 1. The molecule has 1 unspecified atom stereocenters. The molecule has 1 aliphatic rings. The molecule has 1 aliphatic heterocycles. The van der Waals surface area contributed by atoms with Gasteiger partial charge >= 0.3 is 0 Å². The van der Waals surface area contributed by atoms with Crippen LogP contribution in [-0.2, 0) is 0 Å². The van der Waals surface area contributed by atoms with Crippen molar-refractivity contribution in [3.05, 3.63) is 24.3 Å². The van der Waals surface area contributed by atoms with Crippen LogP contribution in [0.25, 0.3) is 0 Å². The van der Waals surface area contributed by atoms with Crippen LogP contribution >= 0.6 is 0 Å². The van der Waals surface area contributed by atoms with E-state index in [4.69, 9.17) is 10.5 Å². The number of benzene rings is 1. The third-order valence-corrected chi connectivity index (χ3v) is 2.88. The van der Waals surface area contributed by atoms with Crippen LogP contribution in [0.4, 0.5) is 5.69 Å². The highest BCUT2D eigenvalue weighted by atomic mass is 16.5. The molecule has 0 bridgehead atoms.